The minimum absolute atomic E-state index is 0.454. The summed E-state index contributed by atoms with van der Waals surface area (Å²) < 4.78 is 0. The zero-order valence-electron chi connectivity index (χ0n) is 12.8. The van der Waals surface area contributed by atoms with Crippen molar-refractivity contribution in [2.75, 3.05) is 13.6 Å². The number of hydrogen-bond donors (Lipinski definition) is 1. The van der Waals surface area contributed by atoms with E-state index in [1.807, 2.05) is 0 Å². The van der Waals surface area contributed by atoms with Gasteiger partial charge in [-0.3, -0.25) is 4.90 Å². The minimum atomic E-state index is 0.454. The first-order valence-electron chi connectivity index (χ1n) is 8.01. The molecule has 0 spiro atoms. The Balaban J connectivity index is 2.03. The average molecular weight is 252 g/mol. The molecule has 0 amide bonds. The lowest BCUT2D eigenvalue weighted by atomic mass is 9.69. The molecule has 2 aliphatic rings. The number of rotatable bonds is 5. The molecule has 2 nitrogen and oxygen atoms in total. The summed E-state index contributed by atoms with van der Waals surface area (Å²) in [5.74, 6) is 0. The van der Waals surface area contributed by atoms with Gasteiger partial charge in [-0.25, -0.2) is 0 Å². The molecule has 1 N–H and O–H groups in total. The van der Waals surface area contributed by atoms with E-state index in [0.29, 0.717) is 11.5 Å². The van der Waals surface area contributed by atoms with E-state index in [1.165, 1.54) is 51.5 Å². The van der Waals surface area contributed by atoms with E-state index in [1.54, 1.807) is 0 Å². The molecule has 2 rings (SSSR count). The van der Waals surface area contributed by atoms with Crippen molar-refractivity contribution in [3.05, 3.63) is 0 Å². The standard InChI is InChI=1S/C16H32N2/c1-5-12-17-15-14(10-7-11-16(15,2)3)18(4)13-8-6-9-13/h13-15,17H,5-12H2,1-4H3. The first-order valence-corrected chi connectivity index (χ1v) is 8.01. The van der Waals surface area contributed by atoms with Crippen molar-refractivity contribution in [2.45, 2.75) is 83.8 Å². The fourth-order valence-corrected chi connectivity index (χ4v) is 3.83. The summed E-state index contributed by atoms with van der Waals surface area (Å²) in [6.07, 6.45) is 9.70. The number of likely N-dealkylation sites (N-methyl/N-ethyl adjacent to an activating group) is 1. The summed E-state index contributed by atoms with van der Waals surface area (Å²) >= 11 is 0. The fourth-order valence-electron chi connectivity index (χ4n) is 3.83. The average Bonchev–Trinajstić information content (AvgIpc) is 2.23. The Labute approximate surface area is 114 Å². The highest BCUT2D eigenvalue weighted by Crippen LogP contribution is 2.39. The molecule has 0 aromatic rings. The van der Waals surface area contributed by atoms with Gasteiger partial charge in [0.15, 0.2) is 0 Å². The van der Waals surface area contributed by atoms with Crippen molar-refractivity contribution in [3.8, 4) is 0 Å². The molecule has 2 fully saturated rings. The Morgan fingerprint density at radius 2 is 1.89 bits per heavy atom. The Kier molecular flexibility index (Phi) is 4.71. The molecule has 0 saturated heterocycles. The summed E-state index contributed by atoms with van der Waals surface area (Å²) in [6.45, 7) is 8.36. The Morgan fingerprint density at radius 3 is 2.44 bits per heavy atom. The van der Waals surface area contributed by atoms with Crippen LogP contribution in [0.15, 0.2) is 0 Å². The molecule has 0 aromatic carbocycles. The lowest BCUT2D eigenvalue weighted by Gasteiger charge is -2.51. The van der Waals surface area contributed by atoms with Crippen molar-refractivity contribution < 1.29 is 0 Å². The zero-order valence-corrected chi connectivity index (χ0v) is 12.8. The molecular weight excluding hydrogens is 220 g/mol. The summed E-state index contributed by atoms with van der Waals surface area (Å²) in [6, 6.07) is 2.30. The second kappa shape index (κ2) is 5.92. The molecular formula is C16H32N2. The molecule has 0 aliphatic heterocycles. The molecule has 0 bridgehead atoms. The molecule has 106 valence electrons. The van der Waals surface area contributed by atoms with E-state index < -0.39 is 0 Å². The van der Waals surface area contributed by atoms with Crippen molar-refractivity contribution >= 4 is 0 Å². The molecule has 2 aliphatic carbocycles. The van der Waals surface area contributed by atoms with Crippen LogP contribution in [0.5, 0.6) is 0 Å². The minimum Gasteiger partial charge on any atom is -0.312 e. The van der Waals surface area contributed by atoms with Crippen LogP contribution < -0.4 is 5.32 Å². The maximum absolute atomic E-state index is 3.85. The van der Waals surface area contributed by atoms with Gasteiger partial charge in [-0.1, -0.05) is 33.6 Å². The SMILES string of the molecule is CCCNC1C(N(C)C2CCC2)CCCC1(C)C. The van der Waals surface area contributed by atoms with Crippen LogP contribution in [0.1, 0.15) is 65.7 Å². The van der Waals surface area contributed by atoms with Crippen LogP contribution in [0.3, 0.4) is 0 Å². The van der Waals surface area contributed by atoms with Crippen LogP contribution >= 0.6 is 0 Å². The normalized spacial score (nSPS) is 32.5. The van der Waals surface area contributed by atoms with Gasteiger partial charge in [-0.2, -0.15) is 0 Å². The predicted molar refractivity (Wildman–Crippen MR) is 78.9 cm³/mol. The molecule has 2 saturated carbocycles. The van der Waals surface area contributed by atoms with Gasteiger partial charge in [0, 0.05) is 18.1 Å². The Hall–Kier alpha value is -0.0800. The first kappa shape index (κ1) is 14.3. The van der Waals surface area contributed by atoms with Crippen LogP contribution in [-0.4, -0.2) is 36.6 Å². The van der Waals surface area contributed by atoms with Crippen molar-refractivity contribution in [1.29, 1.82) is 0 Å². The number of nitrogens with one attached hydrogen (secondary N) is 1. The topological polar surface area (TPSA) is 15.3 Å². The second-order valence-corrected chi connectivity index (χ2v) is 7.13. The Morgan fingerprint density at radius 1 is 1.17 bits per heavy atom. The first-order chi connectivity index (χ1) is 8.56. The van der Waals surface area contributed by atoms with Crippen LogP contribution in [0.2, 0.25) is 0 Å². The fraction of sp³-hybridized carbons (Fsp3) is 1.00. The largest absolute Gasteiger partial charge is 0.312 e. The van der Waals surface area contributed by atoms with Crippen LogP contribution in [-0.2, 0) is 0 Å². The number of hydrogen-bond acceptors (Lipinski definition) is 2. The van der Waals surface area contributed by atoms with Crippen LogP contribution in [0.4, 0.5) is 0 Å². The maximum atomic E-state index is 3.85. The van der Waals surface area contributed by atoms with Gasteiger partial charge >= 0.3 is 0 Å². The van der Waals surface area contributed by atoms with Gasteiger partial charge in [-0.05, 0) is 51.1 Å². The third-order valence-corrected chi connectivity index (χ3v) is 5.34. The predicted octanol–water partition coefficient (Wildman–Crippen LogP) is 3.42. The van der Waals surface area contributed by atoms with Crippen molar-refractivity contribution in [1.82, 2.24) is 10.2 Å². The molecule has 2 unspecified atom stereocenters. The highest BCUT2D eigenvalue weighted by atomic mass is 15.2. The smallest absolute Gasteiger partial charge is 0.0274 e. The summed E-state index contributed by atoms with van der Waals surface area (Å²) in [7, 11) is 2.37. The monoisotopic (exact) mass is 252 g/mol. The van der Waals surface area contributed by atoms with E-state index in [-0.39, 0.29) is 0 Å². The lowest BCUT2D eigenvalue weighted by Crippen LogP contribution is -2.60. The van der Waals surface area contributed by atoms with Gasteiger partial charge in [0.2, 0.25) is 0 Å². The van der Waals surface area contributed by atoms with Crippen molar-refractivity contribution in [3.63, 3.8) is 0 Å². The van der Waals surface area contributed by atoms with Crippen molar-refractivity contribution in [2.24, 2.45) is 5.41 Å². The Bertz CT molecular complexity index is 258. The molecule has 0 heterocycles. The highest BCUT2D eigenvalue weighted by molar-refractivity contribution is 4.99. The maximum Gasteiger partial charge on any atom is 0.0274 e. The van der Waals surface area contributed by atoms with E-state index in [2.05, 4.69) is 38.0 Å². The zero-order chi connectivity index (χ0) is 13.2. The molecule has 2 heteroatoms. The van der Waals surface area contributed by atoms with Crippen LogP contribution in [0.25, 0.3) is 0 Å². The summed E-state index contributed by atoms with van der Waals surface area (Å²) in [4.78, 5) is 2.71. The van der Waals surface area contributed by atoms with Gasteiger partial charge in [0.25, 0.3) is 0 Å². The molecule has 0 aromatic heterocycles. The molecule has 0 radical (unpaired) electrons. The number of nitrogens with zero attached hydrogens (tertiary/aromatic N) is 1. The molecule has 2 atom stereocenters. The van der Waals surface area contributed by atoms with E-state index in [4.69, 9.17) is 0 Å². The summed E-state index contributed by atoms with van der Waals surface area (Å²) in [5, 5.41) is 3.85. The third kappa shape index (κ3) is 2.91. The van der Waals surface area contributed by atoms with E-state index in [9.17, 15) is 0 Å². The van der Waals surface area contributed by atoms with E-state index in [0.717, 1.165) is 12.1 Å². The third-order valence-electron chi connectivity index (χ3n) is 5.34. The van der Waals surface area contributed by atoms with Gasteiger partial charge in [0.1, 0.15) is 0 Å². The summed E-state index contributed by atoms with van der Waals surface area (Å²) in [5.41, 5.74) is 0.454. The van der Waals surface area contributed by atoms with Crippen LogP contribution in [0, 0.1) is 5.41 Å². The van der Waals surface area contributed by atoms with Gasteiger partial charge in [-0.15, -0.1) is 0 Å². The lowest BCUT2D eigenvalue weighted by molar-refractivity contribution is 0.0184. The quantitative estimate of drug-likeness (QED) is 0.806. The van der Waals surface area contributed by atoms with Gasteiger partial charge in [0.05, 0.1) is 0 Å². The second-order valence-electron chi connectivity index (χ2n) is 7.13. The highest BCUT2D eigenvalue weighted by Gasteiger charge is 2.42. The van der Waals surface area contributed by atoms with E-state index >= 15 is 0 Å². The molecule has 18 heavy (non-hydrogen) atoms. The van der Waals surface area contributed by atoms with Gasteiger partial charge < -0.3 is 5.32 Å².